The number of nitrogens with zero attached hydrogens (tertiary/aromatic N) is 2. The number of benzene rings is 2. The van der Waals surface area contributed by atoms with Crippen LogP contribution in [0, 0.1) is 11.6 Å². The molecule has 1 aliphatic rings. The number of amides is 3. The van der Waals surface area contributed by atoms with Crippen molar-refractivity contribution >= 4 is 40.7 Å². The van der Waals surface area contributed by atoms with Crippen molar-refractivity contribution in [1.29, 1.82) is 0 Å². The fourth-order valence-electron chi connectivity index (χ4n) is 4.18. The van der Waals surface area contributed by atoms with Gasteiger partial charge in [-0.2, -0.15) is 0 Å². The number of carbonyl (C=O) groups is 3. The molecule has 12 heteroatoms. The van der Waals surface area contributed by atoms with Gasteiger partial charge in [-0.25, -0.2) is 13.8 Å². The molecule has 2 aromatic carbocycles. The molecule has 0 aliphatic carbocycles. The number of anilines is 2. The maximum Gasteiger partial charge on any atom is 0.263 e. The Hall–Kier alpha value is -5.39. The van der Waals surface area contributed by atoms with Crippen LogP contribution in [0.4, 0.5) is 20.2 Å². The molecule has 40 heavy (non-hydrogen) atoms. The molecule has 3 amide bonds. The lowest BCUT2D eigenvalue weighted by molar-refractivity contribution is -0.116. The Morgan fingerprint density at radius 2 is 1.90 bits per heavy atom. The molecule has 3 heterocycles. The van der Waals surface area contributed by atoms with Crippen molar-refractivity contribution in [3.8, 4) is 0 Å². The minimum absolute atomic E-state index is 0.0448. The van der Waals surface area contributed by atoms with Gasteiger partial charge in [0, 0.05) is 48.5 Å². The first kappa shape index (κ1) is 26.2. The molecule has 202 valence electrons. The Kier molecular flexibility index (Phi) is 7.31. The second kappa shape index (κ2) is 11.2. The number of fused-ring (bicyclic) bond motifs is 1. The number of imidazole rings is 1. The molecule has 0 saturated carbocycles. The zero-order valence-electron chi connectivity index (χ0n) is 20.8. The topological polar surface area (TPSA) is 138 Å². The Labute approximate surface area is 225 Å². The van der Waals surface area contributed by atoms with Gasteiger partial charge in [0.05, 0.1) is 12.1 Å². The highest BCUT2D eigenvalue weighted by Gasteiger charge is 2.25. The maximum absolute atomic E-state index is 13.5. The van der Waals surface area contributed by atoms with E-state index in [1.807, 2.05) is 0 Å². The Morgan fingerprint density at radius 1 is 1.05 bits per heavy atom. The first-order valence-electron chi connectivity index (χ1n) is 12.2. The number of H-pyrrole nitrogens is 1. The molecule has 0 atom stereocenters. The van der Waals surface area contributed by atoms with Crippen LogP contribution in [0.25, 0.3) is 11.6 Å². The Morgan fingerprint density at radius 3 is 2.67 bits per heavy atom. The molecule has 0 bridgehead atoms. The highest BCUT2D eigenvalue weighted by molar-refractivity contribution is 6.35. The predicted octanol–water partition coefficient (Wildman–Crippen LogP) is 3.15. The Bertz CT molecular complexity index is 1710. The number of hydrogen-bond donors (Lipinski definition) is 4. The van der Waals surface area contributed by atoms with Gasteiger partial charge in [-0.15, -0.1) is 0 Å². The number of halogens is 2. The standard InChI is InChI=1S/C28H22F2N6O4/c29-21-5-3-16(12-22(21)30)15-36-11-1-2-18(28(36)40)26(38)33-8-7-25(37)34-17-4-6-23-19(13-17)20(27(39)35-23)14-24-31-9-10-32-24/h1-6,9-14H,7-8,15H2,(H,31,32)(H,33,38)(H,34,37)(H,35,39)/b20-14-. The average molecular weight is 545 g/mol. The van der Waals surface area contributed by atoms with Crippen LogP contribution >= 0.6 is 0 Å². The van der Waals surface area contributed by atoms with E-state index in [0.29, 0.717) is 33.9 Å². The van der Waals surface area contributed by atoms with E-state index in [4.69, 9.17) is 0 Å². The zero-order chi connectivity index (χ0) is 28.2. The second-order valence-electron chi connectivity index (χ2n) is 8.90. The van der Waals surface area contributed by atoms with Gasteiger partial charge in [0.15, 0.2) is 11.6 Å². The lowest BCUT2D eigenvalue weighted by Crippen LogP contribution is -2.34. The van der Waals surface area contributed by atoms with Gasteiger partial charge in [-0.05, 0) is 54.1 Å². The summed E-state index contributed by atoms with van der Waals surface area (Å²) in [7, 11) is 0. The van der Waals surface area contributed by atoms with E-state index >= 15 is 0 Å². The molecule has 5 rings (SSSR count). The van der Waals surface area contributed by atoms with Crippen molar-refractivity contribution in [3.63, 3.8) is 0 Å². The highest BCUT2D eigenvalue weighted by Crippen LogP contribution is 2.34. The summed E-state index contributed by atoms with van der Waals surface area (Å²) in [5, 5.41) is 8.04. The molecule has 1 aliphatic heterocycles. The normalized spacial score (nSPS) is 13.2. The van der Waals surface area contributed by atoms with Crippen molar-refractivity contribution in [2.75, 3.05) is 17.2 Å². The number of nitrogens with one attached hydrogen (secondary N) is 4. The molecule has 0 unspecified atom stereocenters. The number of pyridine rings is 1. The number of rotatable bonds is 8. The maximum atomic E-state index is 13.5. The third-order valence-corrected chi connectivity index (χ3v) is 6.13. The summed E-state index contributed by atoms with van der Waals surface area (Å²) in [5.41, 5.74) is 1.64. The van der Waals surface area contributed by atoms with E-state index in [1.165, 1.54) is 29.0 Å². The summed E-state index contributed by atoms with van der Waals surface area (Å²) in [6.45, 7) is -0.101. The van der Waals surface area contributed by atoms with Gasteiger partial charge >= 0.3 is 0 Å². The summed E-state index contributed by atoms with van der Waals surface area (Å²) in [6.07, 6.45) is 6.17. The lowest BCUT2D eigenvalue weighted by atomic mass is 10.1. The van der Waals surface area contributed by atoms with Crippen LogP contribution in [0.1, 0.15) is 33.7 Å². The van der Waals surface area contributed by atoms with E-state index in [9.17, 15) is 28.0 Å². The van der Waals surface area contributed by atoms with Crippen LogP contribution < -0.4 is 21.5 Å². The number of aromatic amines is 1. The average Bonchev–Trinajstić information content (AvgIpc) is 3.55. The van der Waals surface area contributed by atoms with E-state index in [-0.39, 0.29) is 31.0 Å². The van der Waals surface area contributed by atoms with E-state index in [2.05, 4.69) is 25.9 Å². The largest absolute Gasteiger partial charge is 0.351 e. The number of aromatic nitrogens is 3. The van der Waals surface area contributed by atoms with Gasteiger partial charge in [-0.3, -0.25) is 19.2 Å². The fourth-order valence-corrected chi connectivity index (χ4v) is 4.18. The van der Waals surface area contributed by atoms with Crippen molar-refractivity contribution in [2.45, 2.75) is 13.0 Å². The summed E-state index contributed by atoms with van der Waals surface area (Å²) >= 11 is 0. The minimum Gasteiger partial charge on any atom is -0.351 e. The molecule has 0 saturated heterocycles. The van der Waals surface area contributed by atoms with E-state index in [0.717, 1.165) is 12.1 Å². The van der Waals surface area contributed by atoms with Crippen LogP contribution in [0.5, 0.6) is 0 Å². The SMILES string of the molecule is O=C(CCNC(=O)c1cccn(Cc2ccc(F)c(F)c2)c1=O)Nc1ccc2c(c1)/C(=C/c1ncc[nH]1)C(=O)N2. The fraction of sp³-hybridized carbons (Fsp3) is 0.107. The summed E-state index contributed by atoms with van der Waals surface area (Å²) in [5.74, 6) is -2.87. The molecule has 4 N–H and O–H groups in total. The van der Waals surface area contributed by atoms with Crippen LogP contribution in [0.15, 0.2) is 71.9 Å². The van der Waals surface area contributed by atoms with Crippen molar-refractivity contribution in [3.05, 3.63) is 112 Å². The van der Waals surface area contributed by atoms with Crippen LogP contribution in [-0.2, 0) is 16.1 Å². The van der Waals surface area contributed by atoms with Gasteiger partial charge in [0.2, 0.25) is 5.91 Å². The van der Waals surface area contributed by atoms with Crippen molar-refractivity contribution in [1.82, 2.24) is 19.9 Å². The monoisotopic (exact) mass is 544 g/mol. The smallest absolute Gasteiger partial charge is 0.263 e. The lowest BCUT2D eigenvalue weighted by Gasteiger charge is -2.10. The summed E-state index contributed by atoms with van der Waals surface area (Å²) in [6, 6.07) is 11.1. The van der Waals surface area contributed by atoms with Gasteiger partial charge in [0.1, 0.15) is 11.4 Å². The van der Waals surface area contributed by atoms with Crippen LogP contribution in [0.3, 0.4) is 0 Å². The predicted molar refractivity (Wildman–Crippen MR) is 143 cm³/mol. The zero-order valence-corrected chi connectivity index (χ0v) is 20.8. The quantitative estimate of drug-likeness (QED) is 0.253. The van der Waals surface area contributed by atoms with Gasteiger partial charge in [-0.1, -0.05) is 6.07 Å². The third kappa shape index (κ3) is 5.70. The van der Waals surface area contributed by atoms with Gasteiger partial charge < -0.3 is 25.5 Å². The van der Waals surface area contributed by atoms with Crippen LogP contribution in [-0.4, -0.2) is 38.8 Å². The van der Waals surface area contributed by atoms with Gasteiger partial charge in [0.25, 0.3) is 17.4 Å². The third-order valence-electron chi connectivity index (χ3n) is 6.13. The summed E-state index contributed by atoms with van der Waals surface area (Å²) in [4.78, 5) is 57.3. The highest BCUT2D eigenvalue weighted by atomic mass is 19.2. The molecule has 10 nitrogen and oxygen atoms in total. The molecule has 2 aromatic heterocycles. The second-order valence-corrected chi connectivity index (χ2v) is 8.90. The molecule has 0 spiro atoms. The Balaban J connectivity index is 1.18. The van der Waals surface area contributed by atoms with E-state index < -0.39 is 29.0 Å². The number of hydrogen-bond acceptors (Lipinski definition) is 5. The molecule has 0 radical (unpaired) electrons. The van der Waals surface area contributed by atoms with Crippen molar-refractivity contribution in [2.24, 2.45) is 0 Å². The number of carbonyl (C=O) groups excluding carboxylic acids is 3. The van der Waals surface area contributed by atoms with Crippen LogP contribution in [0.2, 0.25) is 0 Å². The van der Waals surface area contributed by atoms with Crippen molar-refractivity contribution < 1.29 is 23.2 Å². The molecule has 0 fully saturated rings. The molecular formula is C28H22F2N6O4. The molecular weight excluding hydrogens is 522 g/mol. The first-order valence-corrected chi connectivity index (χ1v) is 12.2. The summed E-state index contributed by atoms with van der Waals surface area (Å²) < 4.78 is 27.9. The van der Waals surface area contributed by atoms with E-state index in [1.54, 1.807) is 36.7 Å². The molecule has 4 aromatic rings. The first-order chi connectivity index (χ1) is 19.3. The minimum atomic E-state index is -1.03.